The average molecular weight is 200 g/mol. The van der Waals surface area contributed by atoms with Gasteiger partial charge in [0.25, 0.3) is 0 Å². The van der Waals surface area contributed by atoms with Crippen LogP contribution in [0.15, 0.2) is 24.3 Å². The van der Waals surface area contributed by atoms with Gasteiger partial charge in [-0.1, -0.05) is 18.2 Å². The fraction of sp³-hybridized carbons (Fsp3) is 0.222. The van der Waals surface area contributed by atoms with E-state index in [1.807, 2.05) is 11.2 Å². The van der Waals surface area contributed by atoms with E-state index in [1.54, 1.807) is 12.2 Å². The minimum absolute atomic E-state index is 0.363. The summed E-state index contributed by atoms with van der Waals surface area (Å²) in [5.74, 6) is 0. The van der Waals surface area contributed by atoms with Crippen molar-refractivity contribution < 1.29 is 13.2 Å². The van der Waals surface area contributed by atoms with Crippen LogP contribution in [-0.4, -0.2) is 10.2 Å². The number of aromatic amines is 1. The second-order valence-electron chi connectivity index (χ2n) is 2.99. The molecule has 1 aliphatic carbocycles. The first kappa shape index (κ1) is 9.05. The maximum Gasteiger partial charge on any atom is 0.432 e. The molecule has 0 spiro atoms. The molecule has 0 radical (unpaired) electrons. The lowest BCUT2D eigenvalue weighted by atomic mass is 10.1. The zero-order valence-corrected chi connectivity index (χ0v) is 7.10. The Bertz CT molecular complexity index is 398. The second-order valence-corrected chi connectivity index (χ2v) is 2.99. The number of alkyl halides is 3. The first-order valence-electron chi connectivity index (χ1n) is 4.06. The van der Waals surface area contributed by atoms with Crippen molar-refractivity contribution >= 4 is 5.57 Å². The maximum atomic E-state index is 12.2. The Morgan fingerprint density at radius 2 is 2.14 bits per heavy atom. The largest absolute Gasteiger partial charge is 0.432 e. The Kier molecular flexibility index (Phi) is 1.94. The zero-order chi connectivity index (χ0) is 10.2. The molecule has 0 saturated carbocycles. The third kappa shape index (κ3) is 1.57. The highest BCUT2D eigenvalue weighted by molar-refractivity contribution is 5.68. The lowest BCUT2D eigenvalue weighted by molar-refractivity contribution is -0.141. The van der Waals surface area contributed by atoms with Gasteiger partial charge in [-0.3, -0.25) is 5.10 Å². The molecule has 0 amide bonds. The van der Waals surface area contributed by atoms with Crippen LogP contribution in [0, 0.1) is 0 Å². The molecule has 0 fully saturated rings. The number of H-pyrrole nitrogens is 1. The Hall–Kier alpha value is -1.52. The lowest BCUT2D eigenvalue weighted by Crippen LogP contribution is -2.04. The third-order valence-corrected chi connectivity index (χ3v) is 1.98. The van der Waals surface area contributed by atoms with Gasteiger partial charge in [0, 0.05) is 0 Å². The van der Waals surface area contributed by atoms with Crippen LogP contribution in [-0.2, 0) is 6.18 Å². The summed E-state index contributed by atoms with van der Waals surface area (Å²) in [6.45, 7) is 0. The minimum Gasteiger partial charge on any atom is -0.273 e. The monoisotopic (exact) mass is 200 g/mol. The Morgan fingerprint density at radius 1 is 1.36 bits per heavy atom. The Labute approximate surface area is 78.1 Å². The predicted molar refractivity (Wildman–Crippen MR) is 45.3 cm³/mol. The zero-order valence-electron chi connectivity index (χ0n) is 7.10. The summed E-state index contributed by atoms with van der Waals surface area (Å²) >= 11 is 0. The summed E-state index contributed by atoms with van der Waals surface area (Å²) in [5, 5.41) is 5.59. The SMILES string of the molecule is FC(F)(F)c1cc(C2=CC=CC2)n[nH]1. The van der Waals surface area contributed by atoms with Gasteiger partial charge < -0.3 is 0 Å². The van der Waals surface area contributed by atoms with Crippen LogP contribution >= 0.6 is 0 Å². The van der Waals surface area contributed by atoms with E-state index in [4.69, 9.17) is 0 Å². The summed E-state index contributed by atoms with van der Waals surface area (Å²) in [7, 11) is 0. The molecule has 2 rings (SSSR count). The van der Waals surface area contributed by atoms with Crippen LogP contribution in [0.5, 0.6) is 0 Å². The van der Waals surface area contributed by atoms with Gasteiger partial charge in [0.2, 0.25) is 0 Å². The topological polar surface area (TPSA) is 28.7 Å². The molecular weight excluding hydrogens is 193 g/mol. The van der Waals surface area contributed by atoms with E-state index in [0.29, 0.717) is 12.1 Å². The van der Waals surface area contributed by atoms with Gasteiger partial charge in [-0.15, -0.1) is 0 Å². The minimum atomic E-state index is -4.35. The first-order valence-corrected chi connectivity index (χ1v) is 4.06. The number of aromatic nitrogens is 2. The second kappa shape index (κ2) is 3.01. The van der Waals surface area contributed by atoms with Crippen molar-refractivity contribution in [1.82, 2.24) is 10.2 Å². The van der Waals surface area contributed by atoms with Gasteiger partial charge in [-0.2, -0.15) is 18.3 Å². The van der Waals surface area contributed by atoms with E-state index in [0.717, 1.165) is 11.6 Å². The van der Waals surface area contributed by atoms with Crippen LogP contribution in [0.4, 0.5) is 13.2 Å². The molecule has 1 aromatic rings. The lowest BCUT2D eigenvalue weighted by Gasteiger charge is -1.99. The quantitative estimate of drug-likeness (QED) is 0.741. The molecule has 0 atom stereocenters. The fourth-order valence-electron chi connectivity index (χ4n) is 1.27. The standard InChI is InChI=1S/C9H7F3N2/c10-9(11,12)8-5-7(13-14-8)6-3-1-2-4-6/h1-3,5H,4H2,(H,13,14). The van der Waals surface area contributed by atoms with Gasteiger partial charge in [0.05, 0.1) is 5.69 Å². The van der Waals surface area contributed by atoms with Crippen molar-refractivity contribution in [1.29, 1.82) is 0 Å². The van der Waals surface area contributed by atoms with Crippen LogP contribution in [0.3, 0.4) is 0 Å². The van der Waals surface area contributed by atoms with E-state index in [-0.39, 0.29) is 0 Å². The van der Waals surface area contributed by atoms with Crippen molar-refractivity contribution in [3.8, 4) is 0 Å². The van der Waals surface area contributed by atoms with Crippen LogP contribution in [0.25, 0.3) is 5.57 Å². The summed E-state index contributed by atoms with van der Waals surface area (Å²) in [6.07, 6.45) is 1.73. The summed E-state index contributed by atoms with van der Waals surface area (Å²) in [4.78, 5) is 0. The Balaban J connectivity index is 2.27. The van der Waals surface area contributed by atoms with E-state index in [1.165, 1.54) is 0 Å². The number of hydrogen-bond donors (Lipinski definition) is 1. The summed E-state index contributed by atoms with van der Waals surface area (Å²) in [5.41, 5.74) is 0.361. The molecule has 5 heteroatoms. The van der Waals surface area contributed by atoms with Crippen LogP contribution < -0.4 is 0 Å². The van der Waals surface area contributed by atoms with E-state index < -0.39 is 11.9 Å². The van der Waals surface area contributed by atoms with E-state index >= 15 is 0 Å². The summed E-state index contributed by atoms with van der Waals surface area (Å²) < 4.78 is 36.5. The smallest absolute Gasteiger partial charge is 0.273 e. The van der Waals surface area contributed by atoms with Gasteiger partial charge >= 0.3 is 6.18 Å². The first-order chi connectivity index (χ1) is 6.57. The molecule has 1 aliphatic rings. The number of nitrogens with one attached hydrogen (secondary N) is 1. The van der Waals surface area contributed by atoms with Crippen molar-refractivity contribution in [2.24, 2.45) is 0 Å². The number of allylic oxidation sites excluding steroid dienone is 4. The Morgan fingerprint density at radius 3 is 2.64 bits per heavy atom. The molecule has 2 nitrogen and oxygen atoms in total. The molecule has 0 saturated heterocycles. The molecule has 0 bridgehead atoms. The van der Waals surface area contributed by atoms with Crippen LogP contribution in [0.1, 0.15) is 17.8 Å². The molecule has 0 aliphatic heterocycles. The van der Waals surface area contributed by atoms with Crippen LogP contribution in [0.2, 0.25) is 0 Å². The molecule has 1 heterocycles. The van der Waals surface area contributed by atoms with E-state index in [9.17, 15) is 13.2 Å². The van der Waals surface area contributed by atoms with Crippen molar-refractivity contribution in [2.45, 2.75) is 12.6 Å². The van der Waals surface area contributed by atoms with Crippen molar-refractivity contribution in [2.75, 3.05) is 0 Å². The molecule has 14 heavy (non-hydrogen) atoms. The summed E-state index contributed by atoms with van der Waals surface area (Å²) in [6, 6.07) is 1.03. The van der Waals surface area contributed by atoms with Crippen molar-refractivity contribution in [3.05, 3.63) is 35.7 Å². The van der Waals surface area contributed by atoms with Gasteiger partial charge in [-0.25, -0.2) is 0 Å². The number of hydrogen-bond acceptors (Lipinski definition) is 1. The van der Waals surface area contributed by atoms with Gasteiger partial charge in [-0.05, 0) is 18.1 Å². The third-order valence-electron chi connectivity index (χ3n) is 1.98. The molecule has 74 valence electrons. The van der Waals surface area contributed by atoms with Crippen molar-refractivity contribution in [3.63, 3.8) is 0 Å². The molecule has 0 unspecified atom stereocenters. The molecule has 0 aromatic carbocycles. The highest BCUT2D eigenvalue weighted by Crippen LogP contribution is 2.30. The maximum absolute atomic E-state index is 12.2. The number of nitrogens with zero attached hydrogens (tertiary/aromatic N) is 1. The number of halogens is 3. The highest BCUT2D eigenvalue weighted by atomic mass is 19.4. The molecule has 1 N–H and O–H groups in total. The van der Waals surface area contributed by atoms with Gasteiger partial charge in [0.1, 0.15) is 5.69 Å². The normalized spacial score (nSPS) is 16.1. The fourth-order valence-corrected chi connectivity index (χ4v) is 1.27. The molecule has 1 aromatic heterocycles. The number of rotatable bonds is 1. The average Bonchev–Trinajstić information content (AvgIpc) is 2.73. The predicted octanol–water partition coefficient (Wildman–Crippen LogP) is 2.77. The van der Waals surface area contributed by atoms with Gasteiger partial charge in [0.15, 0.2) is 0 Å². The van der Waals surface area contributed by atoms with E-state index in [2.05, 4.69) is 5.10 Å². The molecular formula is C9H7F3N2. The highest BCUT2D eigenvalue weighted by Gasteiger charge is 2.33.